The van der Waals surface area contributed by atoms with Crippen molar-refractivity contribution in [3.8, 4) is 5.75 Å². The van der Waals surface area contributed by atoms with Crippen LogP contribution < -0.4 is 10.5 Å². The van der Waals surface area contributed by atoms with Crippen molar-refractivity contribution in [3.63, 3.8) is 0 Å². The maximum atomic E-state index is 11.4. The van der Waals surface area contributed by atoms with Gasteiger partial charge in [-0.05, 0) is 26.0 Å². The Morgan fingerprint density at radius 1 is 1.35 bits per heavy atom. The predicted molar refractivity (Wildman–Crippen MR) is 61.7 cm³/mol. The molecule has 1 amide bonds. The van der Waals surface area contributed by atoms with E-state index in [1.165, 1.54) is 6.07 Å². The molecule has 0 heterocycles. The lowest BCUT2D eigenvalue weighted by Gasteiger charge is -2.14. The van der Waals surface area contributed by atoms with E-state index in [4.69, 9.17) is 15.2 Å². The summed E-state index contributed by atoms with van der Waals surface area (Å²) in [7, 11) is 0. The van der Waals surface area contributed by atoms with Crippen LogP contribution >= 0.6 is 0 Å². The molecule has 1 aromatic carbocycles. The quantitative estimate of drug-likeness (QED) is 0.778. The molecule has 0 spiro atoms. The average molecular weight is 237 g/mol. The van der Waals surface area contributed by atoms with Crippen LogP contribution in [0.4, 0.5) is 0 Å². The normalized spacial score (nSPS) is 11.6. The van der Waals surface area contributed by atoms with Gasteiger partial charge in [-0.15, -0.1) is 0 Å². The molecule has 0 aliphatic rings. The molecular formula is C12H15NO4. The van der Waals surface area contributed by atoms with Crippen LogP contribution in [0.1, 0.15) is 24.2 Å². The number of para-hydroxylation sites is 1. The second-order valence-electron chi connectivity index (χ2n) is 3.37. The highest BCUT2D eigenvalue weighted by atomic mass is 16.6. The molecule has 0 aliphatic heterocycles. The number of primary amides is 1. The summed E-state index contributed by atoms with van der Waals surface area (Å²) in [5, 5.41) is 0. The lowest BCUT2D eigenvalue weighted by molar-refractivity contribution is -0.150. The van der Waals surface area contributed by atoms with Crippen LogP contribution in [-0.2, 0) is 9.53 Å². The number of hydrogen-bond donors (Lipinski definition) is 1. The van der Waals surface area contributed by atoms with Gasteiger partial charge in [0.1, 0.15) is 5.75 Å². The molecule has 0 saturated carbocycles. The molecule has 0 saturated heterocycles. The first kappa shape index (κ1) is 13.0. The van der Waals surface area contributed by atoms with Crippen molar-refractivity contribution in [2.24, 2.45) is 5.73 Å². The number of hydrogen-bond acceptors (Lipinski definition) is 4. The molecule has 1 unspecified atom stereocenters. The summed E-state index contributed by atoms with van der Waals surface area (Å²) < 4.78 is 10.1. The van der Waals surface area contributed by atoms with E-state index in [1.807, 2.05) is 0 Å². The van der Waals surface area contributed by atoms with Gasteiger partial charge in [0, 0.05) is 0 Å². The van der Waals surface area contributed by atoms with Crippen molar-refractivity contribution in [3.05, 3.63) is 29.8 Å². The SMILES string of the molecule is CCOC(=O)C(C)Oc1ccccc1C(N)=O. The van der Waals surface area contributed by atoms with E-state index >= 15 is 0 Å². The van der Waals surface area contributed by atoms with Gasteiger partial charge in [-0.25, -0.2) is 4.79 Å². The van der Waals surface area contributed by atoms with Gasteiger partial charge in [0.2, 0.25) is 0 Å². The summed E-state index contributed by atoms with van der Waals surface area (Å²) in [6, 6.07) is 6.48. The minimum absolute atomic E-state index is 0.239. The minimum Gasteiger partial charge on any atom is -0.478 e. The Kier molecular flexibility index (Phi) is 4.51. The minimum atomic E-state index is -0.782. The highest BCUT2D eigenvalue weighted by molar-refractivity contribution is 5.95. The van der Waals surface area contributed by atoms with Gasteiger partial charge in [0.15, 0.2) is 6.10 Å². The summed E-state index contributed by atoms with van der Waals surface area (Å²) in [4.78, 5) is 22.5. The molecular weight excluding hydrogens is 222 g/mol. The van der Waals surface area contributed by atoms with Gasteiger partial charge in [-0.1, -0.05) is 12.1 Å². The highest BCUT2D eigenvalue weighted by Crippen LogP contribution is 2.18. The number of benzene rings is 1. The average Bonchev–Trinajstić information content (AvgIpc) is 2.29. The number of rotatable bonds is 5. The van der Waals surface area contributed by atoms with Gasteiger partial charge in [0.25, 0.3) is 5.91 Å². The first-order valence-electron chi connectivity index (χ1n) is 5.28. The molecule has 0 bridgehead atoms. The highest BCUT2D eigenvalue weighted by Gasteiger charge is 2.18. The van der Waals surface area contributed by atoms with Crippen molar-refractivity contribution in [1.82, 2.24) is 0 Å². The van der Waals surface area contributed by atoms with Gasteiger partial charge in [-0.2, -0.15) is 0 Å². The molecule has 2 N–H and O–H groups in total. The Bertz CT molecular complexity index is 417. The molecule has 1 aromatic rings. The van der Waals surface area contributed by atoms with E-state index in [0.717, 1.165) is 0 Å². The summed E-state index contributed by atoms with van der Waals surface area (Å²) in [5.41, 5.74) is 5.43. The topological polar surface area (TPSA) is 78.6 Å². The van der Waals surface area contributed by atoms with E-state index in [1.54, 1.807) is 32.0 Å². The third-order valence-corrected chi connectivity index (χ3v) is 2.07. The van der Waals surface area contributed by atoms with Crippen LogP contribution in [0.25, 0.3) is 0 Å². The molecule has 0 fully saturated rings. The molecule has 0 aromatic heterocycles. The molecule has 5 heteroatoms. The zero-order chi connectivity index (χ0) is 12.8. The van der Waals surface area contributed by atoms with E-state index < -0.39 is 18.0 Å². The zero-order valence-electron chi connectivity index (χ0n) is 9.80. The third kappa shape index (κ3) is 3.48. The predicted octanol–water partition coefficient (Wildman–Crippen LogP) is 1.12. The van der Waals surface area contributed by atoms with Gasteiger partial charge in [-0.3, -0.25) is 4.79 Å². The van der Waals surface area contributed by atoms with E-state index in [-0.39, 0.29) is 17.9 Å². The van der Waals surface area contributed by atoms with Crippen molar-refractivity contribution >= 4 is 11.9 Å². The van der Waals surface area contributed by atoms with E-state index in [2.05, 4.69) is 0 Å². The lowest BCUT2D eigenvalue weighted by Crippen LogP contribution is -2.27. The Balaban J connectivity index is 2.81. The number of esters is 1. The van der Waals surface area contributed by atoms with Crippen LogP contribution in [0.15, 0.2) is 24.3 Å². The molecule has 17 heavy (non-hydrogen) atoms. The van der Waals surface area contributed by atoms with Crippen LogP contribution in [0.5, 0.6) is 5.75 Å². The zero-order valence-corrected chi connectivity index (χ0v) is 9.80. The second kappa shape index (κ2) is 5.89. The van der Waals surface area contributed by atoms with Gasteiger partial charge >= 0.3 is 5.97 Å². The fourth-order valence-electron chi connectivity index (χ4n) is 1.27. The first-order valence-corrected chi connectivity index (χ1v) is 5.28. The summed E-state index contributed by atoms with van der Waals surface area (Å²) in [5.74, 6) is -0.802. The Labute approximate surface area is 99.5 Å². The van der Waals surface area contributed by atoms with Gasteiger partial charge < -0.3 is 15.2 Å². The fraction of sp³-hybridized carbons (Fsp3) is 0.333. The van der Waals surface area contributed by atoms with E-state index in [9.17, 15) is 9.59 Å². The van der Waals surface area contributed by atoms with Gasteiger partial charge in [0.05, 0.1) is 12.2 Å². The molecule has 5 nitrogen and oxygen atoms in total. The molecule has 1 atom stereocenters. The number of nitrogens with two attached hydrogens (primary N) is 1. The van der Waals surface area contributed by atoms with Crippen molar-refractivity contribution in [2.75, 3.05) is 6.61 Å². The maximum absolute atomic E-state index is 11.4. The van der Waals surface area contributed by atoms with Crippen LogP contribution in [0, 0.1) is 0 Å². The summed E-state index contributed by atoms with van der Waals surface area (Å²) in [6.07, 6.45) is -0.782. The maximum Gasteiger partial charge on any atom is 0.347 e. The van der Waals surface area contributed by atoms with Crippen molar-refractivity contribution in [2.45, 2.75) is 20.0 Å². The molecule has 92 valence electrons. The number of carbonyl (C=O) groups excluding carboxylic acids is 2. The van der Waals surface area contributed by atoms with E-state index in [0.29, 0.717) is 0 Å². The van der Waals surface area contributed by atoms with Crippen molar-refractivity contribution < 1.29 is 19.1 Å². The Morgan fingerprint density at radius 3 is 2.59 bits per heavy atom. The number of ether oxygens (including phenoxy) is 2. The van der Waals surface area contributed by atoms with Crippen LogP contribution in [0.2, 0.25) is 0 Å². The fourth-order valence-corrected chi connectivity index (χ4v) is 1.27. The van der Waals surface area contributed by atoms with Crippen LogP contribution in [-0.4, -0.2) is 24.6 Å². The summed E-state index contributed by atoms with van der Waals surface area (Å²) in [6.45, 7) is 3.54. The summed E-state index contributed by atoms with van der Waals surface area (Å²) >= 11 is 0. The smallest absolute Gasteiger partial charge is 0.347 e. The number of amides is 1. The first-order chi connectivity index (χ1) is 8.06. The number of carbonyl (C=O) groups is 2. The Hall–Kier alpha value is -2.04. The largest absolute Gasteiger partial charge is 0.478 e. The monoisotopic (exact) mass is 237 g/mol. The second-order valence-corrected chi connectivity index (χ2v) is 3.37. The molecule has 1 rings (SSSR count). The lowest BCUT2D eigenvalue weighted by atomic mass is 10.2. The standard InChI is InChI=1S/C12H15NO4/c1-3-16-12(15)8(2)17-10-7-5-4-6-9(10)11(13)14/h4-8H,3H2,1-2H3,(H2,13,14). The van der Waals surface area contributed by atoms with Crippen LogP contribution in [0.3, 0.4) is 0 Å². The Morgan fingerprint density at radius 2 is 2.00 bits per heavy atom. The molecule has 0 aliphatic carbocycles. The molecule has 0 radical (unpaired) electrons. The third-order valence-electron chi connectivity index (χ3n) is 2.07. The van der Waals surface area contributed by atoms with Crippen molar-refractivity contribution in [1.29, 1.82) is 0 Å².